The van der Waals surface area contributed by atoms with Gasteiger partial charge in [0.15, 0.2) is 0 Å². The standard InChI is InChI=1S/C10H15N7/c1-12-8-3-9(16-10(11)15-8)13-4-7-5-14-17(2)6-7/h3,5-6H,4H2,1-2H3,(H4,11,12,13,15,16). The SMILES string of the molecule is CNc1cc(NCc2cnn(C)c2)nc(N)n1. The number of nitrogens with two attached hydrogens (primary N) is 1. The lowest BCUT2D eigenvalue weighted by Gasteiger charge is -2.06. The first-order valence-corrected chi connectivity index (χ1v) is 5.21. The zero-order valence-electron chi connectivity index (χ0n) is 9.81. The van der Waals surface area contributed by atoms with E-state index >= 15 is 0 Å². The van der Waals surface area contributed by atoms with Crippen LogP contribution in [-0.2, 0) is 13.6 Å². The van der Waals surface area contributed by atoms with Crippen LogP contribution in [0.2, 0.25) is 0 Å². The number of rotatable bonds is 4. The minimum absolute atomic E-state index is 0.241. The molecule has 0 spiro atoms. The highest BCUT2D eigenvalue weighted by atomic mass is 15.2. The van der Waals surface area contributed by atoms with Crippen LogP contribution < -0.4 is 16.4 Å². The van der Waals surface area contributed by atoms with E-state index in [2.05, 4.69) is 25.7 Å². The number of nitrogens with one attached hydrogen (secondary N) is 2. The summed E-state index contributed by atoms with van der Waals surface area (Å²) in [6.45, 7) is 0.646. The second-order valence-corrected chi connectivity index (χ2v) is 3.62. The van der Waals surface area contributed by atoms with Crippen LogP contribution >= 0.6 is 0 Å². The Bertz CT molecular complexity index is 505. The van der Waals surface area contributed by atoms with Gasteiger partial charge in [0.1, 0.15) is 11.6 Å². The van der Waals surface area contributed by atoms with Gasteiger partial charge in [0.2, 0.25) is 5.95 Å². The molecular weight excluding hydrogens is 218 g/mol. The molecule has 2 rings (SSSR count). The minimum Gasteiger partial charge on any atom is -0.373 e. The molecule has 2 heterocycles. The fraction of sp³-hybridized carbons (Fsp3) is 0.300. The van der Waals surface area contributed by atoms with Crippen molar-refractivity contribution >= 4 is 17.6 Å². The molecule has 0 amide bonds. The van der Waals surface area contributed by atoms with Gasteiger partial charge in [-0.2, -0.15) is 15.1 Å². The second-order valence-electron chi connectivity index (χ2n) is 3.62. The summed E-state index contributed by atoms with van der Waals surface area (Å²) in [5.41, 5.74) is 6.67. The topological polar surface area (TPSA) is 93.7 Å². The lowest BCUT2D eigenvalue weighted by atomic mass is 10.3. The molecular formula is C10H15N7. The van der Waals surface area contributed by atoms with Crippen LogP contribution in [0.25, 0.3) is 0 Å². The normalized spacial score (nSPS) is 10.2. The molecule has 0 saturated carbocycles. The quantitative estimate of drug-likeness (QED) is 0.709. The smallest absolute Gasteiger partial charge is 0.223 e. The number of aryl methyl sites for hydroxylation is 1. The molecule has 2 aromatic rings. The fourth-order valence-electron chi connectivity index (χ4n) is 1.44. The minimum atomic E-state index is 0.241. The highest BCUT2D eigenvalue weighted by Crippen LogP contribution is 2.12. The van der Waals surface area contributed by atoms with Gasteiger partial charge < -0.3 is 16.4 Å². The Balaban J connectivity index is 2.05. The second kappa shape index (κ2) is 4.69. The Hall–Kier alpha value is -2.31. The first kappa shape index (κ1) is 11.2. The summed E-state index contributed by atoms with van der Waals surface area (Å²) < 4.78 is 1.75. The molecule has 0 atom stereocenters. The average Bonchev–Trinajstić information content (AvgIpc) is 2.72. The lowest BCUT2D eigenvalue weighted by Crippen LogP contribution is -2.06. The maximum Gasteiger partial charge on any atom is 0.223 e. The van der Waals surface area contributed by atoms with E-state index in [0.717, 1.165) is 5.56 Å². The molecule has 0 aliphatic carbocycles. The number of hydrogen-bond acceptors (Lipinski definition) is 6. The van der Waals surface area contributed by atoms with Crippen molar-refractivity contribution in [3.8, 4) is 0 Å². The predicted molar refractivity (Wildman–Crippen MR) is 66.5 cm³/mol. The monoisotopic (exact) mass is 233 g/mol. The van der Waals surface area contributed by atoms with Crippen LogP contribution in [-0.4, -0.2) is 26.8 Å². The van der Waals surface area contributed by atoms with Crippen molar-refractivity contribution < 1.29 is 0 Å². The summed E-state index contributed by atoms with van der Waals surface area (Å²) in [5.74, 6) is 1.61. The first-order chi connectivity index (χ1) is 8.17. The van der Waals surface area contributed by atoms with E-state index in [4.69, 9.17) is 5.73 Å². The Labute approximate surface area is 99.1 Å². The Morgan fingerprint density at radius 3 is 2.76 bits per heavy atom. The van der Waals surface area contributed by atoms with Gasteiger partial charge in [0.05, 0.1) is 6.20 Å². The molecule has 0 aliphatic rings. The molecule has 0 unspecified atom stereocenters. The molecule has 0 radical (unpaired) electrons. The predicted octanol–water partition coefficient (Wildman–Crippen LogP) is 0.446. The van der Waals surface area contributed by atoms with E-state index in [1.54, 1.807) is 24.0 Å². The average molecular weight is 233 g/mol. The van der Waals surface area contributed by atoms with Gasteiger partial charge in [-0.05, 0) is 0 Å². The van der Waals surface area contributed by atoms with Crippen molar-refractivity contribution in [2.24, 2.45) is 7.05 Å². The number of hydrogen-bond donors (Lipinski definition) is 3. The van der Waals surface area contributed by atoms with Gasteiger partial charge in [-0.3, -0.25) is 4.68 Å². The van der Waals surface area contributed by atoms with Crippen molar-refractivity contribution in [2.75, 3.05) is 23.4 Å². The highest BCUT2D eigenvalue weighted by molar-refractivity contribution is 5.50. The zero-order valence-corrected chi connectivity index (χ0v) is 9.81. The molecule has 7 nitrogen and oxygen atoms in total. The molecule has 7 heteroatoms. The summed E-state index contributed by atoms with van der Waals surface area (Å²) in [4.78, 5) is 8.10. The van der Waals surface area contributed by atoms with E-state index in [9.17, 15) is 0 Å². The molecule has 0 aliphatic heterocycles. The Morgan fingerprint density at radius 1 is 1.35 bits per heavy atom. The third-order valence-corrected chi connectivity index (χ3v) is 2.23. The molecule has 90 valence electrons. The molecule has 0 fully saturated rings. The van der Waals surface area contributed by atoms with Crippen LogP contribution in [0.1, 0.15) is 5.56 Å². The van der Waals surface area contributed by atoms with Crippen LogP contribution in [0.4, 0.5) is 17.6 Å². The first-order valence-electron chi connectivity index (χ1n) is 5.21. The maximum atomic E-state index is 5.59. The Morgan fingerprint density at radius 2 is 2.12 bits per heavy atom. The highest BCUT2D eigenvalue weighted by Gasteiger charge is 2.01. The van der Waals surface area contributed by atoms with E-state index in [1.807, 2.05) is 13.2 Å². The third kappa shape index (κ3) is 2.83. The lowest BCUT2D eigenvalue weighted by molar-refractivity contribution is 0.767. The van der Waals surface area contributed by atoms with Crippen molar-refractivity contribution in [3.05, 3.63) is 24.0 Å². The largest absolute Gasteiger partial charge is 0.373 e. The van der Waals surface area contributed by atoms with E-state index < -0.39 is 0 Å². The van der Waals surface area contributed by atoms with Crippen molar-refractivity contribution in [1.29, 1.82) is 0 Å². The number of anilines is 3. The number of aromatic nitrogens is 4. The van der Waals surface area contributed by atoms with E-state index in [0.29, 0.717) is 18.2 Å². The maximum absolute atomic E-state index is 5.59. The van der Waals surface area contributed by atoms with Crippen LogP contribution in [0.15, 0.2) is 18.5 Å². The van der Waals surface area contributed by atoms with Gasteiger partial charge in [0.25, 0.3) is 0 Å². The van der Waals surface area contributed by atoms with Crippen LogP contribution in [0.5, 0.6) is 0 Å². The summed E-state index contributed by atoms with van der Waals surface area (Å²) in [5, 5.41) is 10.2. The van der Waals surface area contributed by atoms with Crippen molar-refractivity contribution in [1.82, 2.24) is 19.7 Å². The van der Waals surface area contributed by atoms with Crippen LogP contribution in [0.3, 0.4) is 0 Å². The molecule has 2 aromatic heterocycles. The van der Waals surface area contributed by atoms with E-state index in [-0.39, 0.29) is 5.95 Å². The van der Waals surface area contributed by atoms with Gasteiger partial charge in [-0.15, -0.1) is 0 Å². The van der Waals surface area contributed by atoms with Crippen LogP contribution in [0, 0.1) is 0 Å². The van der Waals surface area contributed by atoms with Gasteiger partial charge in [-0.1, -0.05) is 0 Å². The van der Waals surface area contributed by atoms with Gasteiger partial charge >= 0.3 is 0 Å². The van der Waals surface area contributed by atoms with Gasteiger partial charge in [-0.25, -0.2) is 0 Å². The molecule has 4 N–H and O–H groups in total. The van der Waals surface area contributed by atoms with E-state index in [1.165, 1.54) is 0 Å². The molecule has 17 heavy (non-hydrogen) atoms. The number of nitrogen functional groups attached to an aromatic ring is 1. The van der Waals surface area contributed by atoms with Crippen molar-refractivity contribution in [3.63, 3.8) is 0 Å². The van der Waals surface area contributed by atoms with Gasteiger partial charge in [0, 0.05) is 38.5 Å². The fourth-order valence-corrected chi connectivity index (χ4v) is 1.44. The molecule has 0 bridgehead atoms. The molecule has 0 saturated heterocycles. The summed E-state index contributed by atoms with van der Waals surface area (Å²) in [7, 11) is 3.66. The zero-order chi connectivity index (χ0) is 12.3. The Kier molecular flexibility index (Phi) is 3.08. The third-order valence-electron chi connectivity index (χ3n) is 2.23. The summed E-state index contributed by atoms with van der Waals surface area (Å²) in [6.07, 6.45) is 3.74. The van der Waals surface area contributed by atoms with Crippen molar-refractivity contribution in [2.45, 2.75) is 6.54 Å². The summed E-state index contributed by atoms with van der Waals surface area (Å²) in [6, 6.07) is 1.80. The number of nitrogens with zero attached hydrogens (tertiary/aromatic N) is 4. The molecule has 0 aromatic carbocycles. The summed E-state index contributed by atoms with van der Waals surface area (Å²) >= 11 is 0.